The number of hydrogen-bond donors (Lipinski definition) is 2. The van der Waals surface area contributed by atoms with Crippen molar-refractivity contribution >= 4 is 11.6 Å². The van der Waals surface area contributed by atoms with Crippen LogP contribution in [0.25, 0.3) is 0 Å². The zero-order valence-corrected chi connectivity index (χ0v) is 9.79. The molecule has 0 radical (unpaired) electrons. The number of likely N-dealkylation sites (N-methyl/N-ethyl adjacent to an activating group) is 1. The maximum absolute atomic E-state index is 12.0. The van der Waals surface area contributed by atoms with Crippen molar-refractivity contribution in [3.05, 3.63) is 24.0 Å². The fourth-order valence-electron chi connectivity index (χ4n) is 1.48. The monoisotopic (exact) mass is 222 g/mol. The normalized spacial score (nSPS) is 10.1. The van der Waals surface area contributed by atoms with Crippen LogP contribution >= 0.6 is 0 Å². The Morgan fingerprint density at radius 2 is 2.31 bits per heavy atom. The molecule has 0 aliphatic rings. The van der Waals surface area contributed by atoms with Gasteiger partial charge in [0.2, 0.25) is 0 Å². The maximum atomic E-state index is 12.0. The van der Waals surface area contributed by atoms with Crippen molar-refractivity contribution in [1.82, 2.24) is 15.1 Å². The maximum Gasteiger partial charge on any atom is 0.276 e. The fraction of sp³-hybridized carbons (Fsp3) is 0.455. The summed E-state index contributed by atoms with van der Waals surface area (Å²) in [6.07, 6.45) is 2.42. The Hall–Kier alpha value is -1.78. The molecule has 88 valence electrons. The molecule has 1 aromatic rings. The summed E-state index contributed by atoms with van der Waals surface area (Å²) in [5.74, 6) is -0.157. The second-order valence-corrected chi connectivity index (χ2v) is 3.45. The van der Waals surface area contributed by atoms with Crippen LogP contribution < -0.4 is 5.73 Å². The van der Waals surface area contributed by atoms with Crippen LogP contribution in [-0.4, -0.2) is 34.1 Å². The highest BCUT2D eigenvalue weighted by atomic mass is 16.2. The number of nitrogens with zero attached hydrogens (tertiary/aromatic N) is 2. The van der Waals surface area contributed by atoms with E-state index < -0.39 is 0 Å². The molecule has 5 heteroatoms. The molecule has 1 heterocycles. The third-order valence-corrected chi connectivity index (χ3v) is 2.46. The average molecular weight is 222 g/mol. The molecule has 1 rings (SSSR count). The highest BCUT2D eigenvalue weighted by molar-refractivity contribution is 5.97. The van der Waals surface area contributed by atoms with Crippen molar-refractivity contribution in [2.45, 2.75) is 20.3 Å². The first-order chi connectivity index (χ1) is 7.65. The lowest BCUT2D eigenvalue weighted by atomic mass is 10.2. The molecular formula is C11H18N4O. The topological polar surface area (TPSA) is 75.0 Å². The molecule has 0 saturated heterocycles. The lowest BCUT2D eigenvalue weighted by Gasteiger charge is -2.17. The molecule has 0 fully saturated rings. The molecule has 1 aromatic heterocycles. The minimum absolute atomic E-state index is 0.157. The molecule has 0 aliphatic heterocycles. The predicted octanol–water partition coefficient (Wildman–Crippen LogP) is 1.20. The number of H-pyrrole nitrogens is 1. The Morgan fingerprint density at radius 1 is 1.62 bits per heavy atom. The van der Waals surface area contributed by atoms with Crippen LogP contribution in [0.15, 0.2) is 12.7 Å². The van der Waals surface area contributed by atoms with Gasteiger partial charge in [-0.15, -0.1) is 6.58 Å². The summed E-state index contributed by atoms with van der Waals surface area (Å²) >= 11 is 0. The summed E-state index contributed by atoms with van der Waals surface area (Å²) < 4.78 is 0. The Balaban J connectivity index is 2.94. The molecule has 0 bridgehead atoms. The third-order valence-electron chi connectivity index (χ3n) is 2.46. The van der Waals surface area contributed by atoms with Crippen molar-refractivity contribution in [3.63, 3.8) is 0 Å². The standard InChI is InChI=1S/C11H18N4O/c1-4-7-15(6-3)11(16)10-9(12)8(5-2)13-14-10/h4H,1,5-7,12H2,2-3H3,(H,13,14). The van der Waals surface area contributed by atoms with Gasteiger partial charge in [0.05, 0.1) is 11.4 Å². The van der Waals surface area contributed by atoms with E-state index in [9.17, 15) is 4.79 Å². The smallest absolute Gasteiger partial charge is 0.276 e. The number of nitrogens with one attached hydrogen (secondary N) is 1. The van der Waals surface area contributed by atoms with Gasteiger partial charge in [-0.3, -0.25) is 9.89 Å². The molecule has 1 amide bonds. The predicted molar refractivity (Wildman–Crippen MR) is 64.2 cm³/mol. The first kappa shape index (κ1) is 12.3. The van der Waals surface area contributed by atoms with Gasteiger partial charge in [-0.05, 0) is 13.3 Å². The Kier molecular flexibility index (Phi) is 4.10. The molecule has 0 atom stereocenters. The van der Waals surface area contributed by atoms with E-state index in [1.165, 1.54) is 0 Å². The average Bonchev–Trinajstić information content (AvgIpc) is 2.66. The number of aryl methyl sites for hydroxylation is 1. The number of rotatable bonds is 5. The van der Waals surface area contributed by atoms with Crippen molar-refractivity contribution in [2.24, 2.45) is 0 Å². The van der Waals surface area contributed by atoms with Gasteiger partial charge in [0.25, 0.3) is 5.91 Å². The van der Waals surface area contributed by atoms with E-state index in [4.69, 9.17) is 5.73 Å². The number of anilines is 1. The molecule has 3 N–H and O–H groups in total. The van der Waals surface area contributed by atoms with Gasteiger partial charge in [-0.25, -0.2) is 0 Å². The first-order valence-corrected chi connectivity index (χ1v) is 5.38. The summed E-state index contributed by atoms with van der Waals surface area (Å²) in [4.78, 5) is 13.7. The van der Waals surface area contributed by atoms with Gasteiger partial charge in [0, 0.05) is 13.1 Å². The summed E-state index contributed by atoms with van der Waals surface area (Å²) in [5.41, 5.74) is 7.40. The fourth-order valence-corrected chi connectivity index (χ4v) is 1.48. The molecular weight excluding hydrogens is 204 g/mol. The number of aromatic nitrogens is 2. The zero-order chi connectivity index (χ0) is 12.1. The summed E-state index contributed by atoms with van der Waals surface area (Å²) in [5, 5.41) is 6.74. The molecule has 0 aliphatic carbocycles. The molecule has 16 heavy (non-hydrogen) atoms. The highest BCUT2D eigenvalue weighted by Gasteiger charge is 2.20. The minimum Gasteiger partial charge on any atom is -0.395 e. The van der Waals surface area contributed by atoms with Gasteiger partial charge in [-0.2, -0.15) is 5.10 Å². The number of amides is 1. The number of carbonyl (C=O) groups excluding carboxylic acids is 1. The van der Waals surface area contributed by atoms with Gasteiger partial charge >= 0.3 is 0 Å². The van der Waals surface area contributed by atoms with Crippen LogP contribution in [0, 0.1) is 0 Å². The molecule has 5 nitrogen and oxygen atoms in total. The van der Waals surface area contributed by atoms with Crippen molar-refractivity contribution in [3.8, 4) is 0 Å². The van der Waals surface area contributed by atoms with E-state index in [2.05, 4.69) is 16.8 Å². The quantitative estimate of drug-likeness (QED) is 0.735. The number of nitrogen functional groups attached to an aromatic ring is 1. The van der Waals surface area contributed by atoms with Crippen molar-refractivity contribution in [1.29, 1.82) is 0 Å². The minimum atomic E-state index is -0.157. The molecule has 0 spiro atoms. The van der Waals surface area contributed by atoms with E-state index >= 15 is 0 Å². The number of aromatic amines is 1. The van der Waals surface area contributed by atoms with Crippen LogP contribution in [0.3, 0.4) is 0 Å². The second kappa shape index (κ2) is 5.34. The van der Waals surface area contributed by atoms with Gasteiger partial charge in [0.1, 0.15) is 0 Å². The largest absolute Gasteiger partial charge is 0.395 e. The highest BCUT2D eigenvalue weighted by Crippen LogP contribution is 2.16. The number of nitrogens with two attached hydrogens (primary N) is 1. The Labute approximate surface area is 95.3 Å². The van der Waals surface area contributed by atoms with Crippen molar-refractivity contribution in [2.75, 3.05) is 18.8 Å². The van der Waals surface area contributed by atoms with E-state index in [0.29, 0.717) is 24.5 Å². The first-order valence-electron chi connectivity index (χ1n) is 5.38. The summed E-state index contributed by atoms with van der Waals surface area (Å²) in [6.45, 7) is 8.59. The Bertz CT molecular complexity index is 383. The second-order valence-electron chi connectivity index (χ2n) is 3.45. The van der Waals surface area contributed by atoms with E-state index in [-0.39, 0.29) is 5.91 Å². The molecule has 0 saturated carbocycles. The lowest BCUT2D eigenvalue weighted by molar-refractivity contribution is 0.0777. The van der Waals surface area contributed by atoms with Crippen molar-refractivity contribution < 1.29 is 4.79 Å². The van der Waals surface area contributed by atoms with Crippen LogP contribution in [0.1, 0.15) is 30.0 Å². The Morgan fingerprint density at radius 3 is 2.75 bits per heavy atom. The van der Waals surface area contributed by atoms with Gasteiger partial charge < -0.3 is 10.6 Å². The number of carbonyl (C=O) groups is 1. The van der Waals surface area contributed by atoms with E-state index in [0.717, 1.165) is 12.1 Å². The van der Waals surface area contributed by atoms with Crippen LogP contribution in [0.4, 0.5) is 5.69 Å². The summed E-state index contributed by atoms with van der Waals surface area (Å²) in [6, 6.07) is 0. The molecule has 0 aromatic carbocycles. The lowest BCUT2D eigenvalue weighted by Crippen LogP contribution is -2.31. The van der Waals surface area contributed by atoms with E-state index in [1.807, 2.05) is 13.8 Å². The van der Waals surface area contributed by atoms with Crippen LogP contribution in [0.2, 0.25) is 0 Å². The zero-order valence-electron chi connectivity index (χ0n) is 9.79. The van der Waals surface area contributed by atoms with E-state index in [1.54, 1.807) is 11.0 Å². The number of hydrogen-bond acceptors (Lipinski definition) is 3. The van der Waals surface area contributed by atoms with Crippen LogP contribution in [0.5, 0.6) is 0 Å². The molecule has 0 unspecified atom stereocenters. The summed E-state index contributed by atoms with van der Waals surface area (Å²) in [7, 11) is 0. The van der Waals surface area contributed by atoms with Gasteiger partial charge in [0.15, 0.2) is 5.69 Å². The van der Waals surface area contributed by atoms with Crippen LogP contribution in [-0.2, 0) is 6.42 Å². The van der Waals surface area contributed by atoms with Gasteiger partial charge in [-0.1, -0.05) is 13.0 Å². The SMILES string of the molecule is C=CCN(CC)C(=O)c1n[nH]c(CC)c1N. The third kappa shape index (κ3) is 2.24.